The van der Waals surface area contributed by atoms with E-state index in [2.05, 4.69) is 20.9 Å². The summed E-state index contributed by atoms with van der Waals surface area (Å²) in [5.74, 6) is -2.76. The van der Waals surface area contributed by atoms with Gasteiger partial charge in [-0.15, -0.1) is 0 Å². The predicted octanol–water partition coefficient (Wildman–Crippen LogP) is 4.41. The molecular formula is C21H25F5N4O2S. The van der Waals surface area contributed by atoms with Crippen molar-refractivity contribution in [1.29, 1.82) is 0 Å². The van der Waals surface area contributed by atoms with Gasteiger partial charge in [0.15, 0.2) is 5.13 Å². The Morgan fingerprint density at radius 1 is 1.15 bits per heavy atom. The summed E-state index contributed by atoms with van der Waals surface area (Å²) in [5, 5.41) is 7.70. The fourth-order valence-electron chi connectivity index (χ4n) is 3.12. The molecule has 0 aliphatic rings. The Kier molecular flexibility index (Phi) is 9.29. The third-order valence-electron chi connectivity index (χ3n) is 4.58. The third kappa shape index (κ3) is 8.69. The number of benzene rings is 1. The molecule has 2 atom stereocenters. The Balaban J connectivity index is 2.02. The van der Waals surface area contributed by atoms with Crippen LogP contribution in [0.25, 0.3) is 0 Å². The number of hydrogen-bond donors (Lipinski definition) is 3. The topological polar surface area (TPSA) is 83.1 Å². The smallest absolute Gasteiger partial charge is 0.344 e. The van der Waals surface area contributed by atoms with Gasteiger partial charge in [0.2, 0.25) is 11.8 Å². The van der Waals surface area contributed by atoms with Crippen molar-refractivity contribution in [2.24, 2.45) is 0 Å². The maximum Gasteiger partial charge on any atom is 0.401 e. The van der Waals surface area contributed by atoms with Gasteiger partial charge < -0.3 is 16.0 Å². The first-order chi connectivity index (χ1) is 15.4. The van der Waals surface area contributed by atoms with Crippen LogP contribution < -0.4 is 16.0 Å². The highest BCUT2D eigenvalue weighted by Crippen LogP contribution is 2.29. The van der Waals surface area contributed by atoms with Gasteiger partial charge in [0, 0.05) is 17.0 Å². The molecule has 2 aromatic rings. The van der Waals surface area contributed by atoms with Crippen LogP contribution in [-0.2, 0) is 16.0 Å². The van der Waals surface area contributed by atoms with Crippen molar-refractivity contribution in [1.82, 2.24) is 15.6 Å². The molecule has 0 saturated heterocycles. The summed E-state index contributed by atoms with van der Waals surface area (Å²) in [4.78, 5) is 29.8. The number of alkyl halides is 3. The highest BCUT2D eigenvalue weighted by Gasteiger charge is 2.28. The summed E-state index contributed by atoms with van der Waals surface area (Å²) in [6, 6.07) is 1.21. The molecule has 2 unspecified atom stereocenters. The predicted molar refractivity (Wildman–Crippen MR) is 115 cm³/mol. The SMILES string of the molecule is CCCC(NC(=O)Cc1cc(F)cc(F)c1)C(=O)Nc1nc(C)c(C(C)NCC(F)(F)F)s1. The highest BCUT2D eigenvalue weighted by atomic mass is 32.1. The second kappa shape index (κ2) is 11.5. The maximum atomic E-state index is 13.3. The monoisotopic (exact) mass is 492 g/mol. The molecule has 0 fully saturated rings. The molecule has 182 valence electrons. The molecule has 2 amide bonds. The van der Waals surface area contributed by atoms with E-state index < -0.39 is 48.3 Å². The van der Waals surface area contributed by atoms with E-state index in [1.807, 2.05) is 6.92 Å². The lowest BCUT2D eigenvalue weighted by Crippen LogP contribution is -2.44. The number of anilines is 1. The van der Waals surface area contributed by atoms with Crippen LogP contribution in [0.2, 0.25) is 0 Å². The van der Waals surface area contributed by atoms with E-state index in [-0.39, 0.29) is 17.1 Å². The Hall–Kier alpha value is -2.60. The van der Waals surface area contributed by atoms with Crippen LogP contribution in [0.3, 0.4) is 0 Å². The zero-order valence-electron chi connectivity index (χ0n) is 18.3. The second-order valence-corrected chi connectivity index (χ2v) is 8.57. The normalized spacial score (nSPS) is 13.5. The number of nitrogens with one attached hydrogen (secondary N) is 3. The minimum Gasteiger partial charge on any atom is -0.344 e. The van der Waals surface area contributed by atoms with Crippen LogP contribution in [-0.4, -0.2) is 35.6 Å². The summed E-state index contributed by atoms with van der Waals surface area (Å²) in [7, 11) is 0. The molecular weight excluding hydrogens is 467 g/mol. The van der Waals surface area contributed by atoms with Gasteiger partial charge in [-0.3, -0.25) is 9.59 Å². The molecule has 1 aromatic heterocycles. The number of aryl methyl sites for hydroxylation is 1. The first kappa shape index (κ1) is 26.7. The zero-order chi connectivity index (χ0) is 24.8. The quantitative estimate of drug-likeness (QED) is 0.429. The van der Waals surface area contributed by atoms with Crippen LogP contribution in [0.4, 0.5) is 27.1 Å². The third-order valence-corrected chi connectivity index (χ3v) is 5.84. The van der Waals surface area contributed by atoms with Crippen LogP contribution in [0.5, 0.6) is 0 Å². The van der Waals surface area contributed by atoms with Crippen molar-refractivity contribution in [2.45, 2.75) is 58.3 Å². The van der Waals surface area contributed by atoms with E-state index in [9.17, 15) is 31.5 Å². The van der Waals surface area contributed by atoms with Crippen molar-refractivity contribution in [3.8, 4) is 0 Å². The van der Waals surface area contributed by atoms with Crippen molar-refractivity contribution in [3.63, 3.8) is 0 Å². The second-order valence-electron chi connectivity index (χ2n) is 7.54. The number of carbonyl (C=O) groups excluding carboxylic acids is 2. The van der Waals surface area contributed by atoms with Gasteiger partial charge in [-0.2, -0.15) is 13.2 Å². The number of nitrogens with zero attached hydrogens (tertiary/aromatic N) is 1. The van der Waals surface area contributed by atoms with Gasteiger partial charge in [0.25, 0.3) is 0 Å². The molecule has 0 radical (unpaired) electrons. The number of carbonyl (C=O) groups is 2. The van der Waals surface area contributed by atoms with E-state index in [1.165, 1.54) is 0 Å². The fourth-order valence-corrected chi connectivity index (χ4v) is 4.11. The molecule has 0 spiro atoms. The van der Waals surface area contributed by atoms with Crippen LogP contribution in [0.15, 0.2) is 18.2 Å². The average molecular weight is 493 g/mol. The van der Waals surface area contributed by atoms with Gasteiger partial charge >= 0.3 is 6.18 Å². The standard InChI is InChI=1S/C21H25F5N4O2S/c1-4-5-16(29-17(31)8-13-6-14(22)9-15(23)7-13)19(32)30-20-28-12(3)18(33-20)11(2)27-10-21(24,25)26/h6-7,9,11,16,27H,4-5,8,10H2,1-3H3,(H,29,31)(H,28,30,32). The van der Waals surface area contributed by atoms with Gasteiger partial charge in [0.05, 0.1) is 18.7 Å². The molecule has 12 heteroatoms. The average Bonchev–Trinajstić information content (AvgIpc) is 3.04. The summed E-state index contributed by atoms with van der Waals surface area (Å²) in [6.07, 6.45) is -3.80. The first-order valence-corrected chi connectivity index (χ1v) is 11.0. The lowest BCUT2D eigenvalue weighted by atomic mass is 10.1. The molecule has 0 aliphatic heterocycles. The minimum absolute atomic E-state index is 0.126. The molecule has 0 bridgehead atoms. The van der Waals surface area contributed by atoms with E-state index in [0.29, 0.717) is 29.5 Å². The van der Waals surface area contributed by atoms with Crippen LogP contribution in [0, 0.1) is 18.6 Å². The number of amides is 2. The van der Waals surface area contributed by atoms with E-state index >= 15 is 0 Å². The molecule has 0 saturated carbocycles. The number of rotatable bonds is 10. The zero-order valence-corrected chi connectivity index (χ0v) is 19.1. The van der Waals surface area contributed by atoms with E-state index in [4.69, 9.17) is 0 Å². The van der Waals surface area contributed by atoms with Gasteiger partial charge in [0.1, 0.15) is 17.7 Å². The minimum atomic E-state index is -4.35. The Morgan fingerprint density at radius 3 is 2.36 bits per heavy atom. The number of thiazole rings is 1. The molecule has 0 aliphatic carbocycles. The molecule has 33 heavy (non-hydrogen) atoms. The van der Waals surface area contributed by atoms with Crippen LogP contribution >= 0.6 is 11.3 Å². The van der Waals surface area contributed by atoms with Crippen LogP contribution in [0.1, 0.15) is 48.9 Å². The van der Waals surface area contributed by atoms with Crippen molar-refractivity contribution < 1.29 is 31.5 Å². The Labute approximate surface area is 192 Å². The van der Waals surface area contributed by atoms with Gasteiger partial charge in [-0.05, 0) is 38.0 Å². The molecule has 6 nitrogen and oxygen atoms in total. The van der Waals surface area contributed by atoms with E-state index in [0.717, 1.165) is 23.5 Å². The van der Waals surface area contributed by atoms with Gasteiger partial charge in [-0.1, -0.05) is 24.7 Å². The summed E-state index contributed by atoms with van der Waals surface area (Å²) in [6.45, 7) is 3.84. The highest BCUT2D eigenvalue weighted by molar-refractivity contribution is 7.16. The van der Waals surface area contributed by atoms with Crippen molar-refractivity contribution in [2.75, 3.05) is 11.9 Å². The van der Waals surface area contributed by atoms with E-state index in [1.54, 1.807) is 13.8 Å². The van der Waals surface area contributed by atoms with Gasteiger partial charge in [-0.25, -0.2) is 13.8 Å². The fraction of sp³-hybridized carbons (Fsp3) is 0.476. The number of halogens is 5. The van der Waals surface area contributed by atoms with Crippen molar-refractivity contribution in [3.05, 3.63) is 46.0 Å². The summed E-state index contributed by atoms with van der Waals surface area (Å²) >= 11 is 1.04. The lowest BCUT2D eigenvalue weighted by molar-refractivity contribution is -0.126. The number of aromatic nitrogens is 1. The number of hydrogen-bond acceptors (Lipinski definition) is 5. The lowest BCUT2D eigenvalue weighted by Gasteiger charge is -2.17. The summed E-state index contributed by atoms with van der Waals surface area (Å²) in [5.41, 5.74) is 0.600. The molecule has 1 heterocycles. The largest absolute Gasteiger partial charge is 0.401 e. The maximum absolute atomic E-state index is 13.3. The molecule has 1 aromatic carbocycles. The Morgan fingerprint density at radius 2 is 1.79 bits per heavy atom. The summed E-state index contributed by atoms with van der Waals surface area (Å²) < 4.78 is 64.0. The Bertz CT molecular complexity index is 960. The molecule has 2 rings (SSSR count). The molecule has 3 N–H and O–H groups in total. The van der Waals surface area contributed by atoms with Crippen molar-refractivity contribution >= 4 is 28.3 Å². The first-order valence-electron chi connectivity index (χ1n) is 10.2.